The van der Waals surface area contributed by atoms with E-state index >= 15 is 0 Å². The second-order valence-electron chi connectivity index (χ2n) is 10.9. The Morgan fingerprint density at radius 2 is 2.03 bits per heavy atom. The lowest BCUT2D eigenvalue weighted by molar-refractivity contribution is -0.129. The molecule has 0 amide bonds. The minimum atomic E-state index is -1.61. The van der Waals surface area contributed by atoms with Crippen LogP contribution in [-0.4, -0.2) is 25.6 Å². The highest BCUT2D eigenvalue weighted by molar-refractivity contribution is 6.79. The molecule has 1 aromatic carbocycles. The molecule has 0 heterocycles. The number of aliphatic hydroxyl groups is 1. The standard InChI is InChI=1S/C26H38O2Si/c1-19(22-14-15-23-24(28)11-8-16-25(22,23)2)12-13-20-9-7-10-21(17-20)26(3,18-27)29(4,5)6/h7,9-10,17,19,22-23,27H,8,11,14-16,18H2,1-6H3/t19-,22-,23+,25-,26?/m1/s1. The Balaban J connectivity index is 1.83. The summed E-state index contributed by atoms with van der Waals surface area (Å²) in [5.41, 5.74) is 2.37. The van der Waals surface area contributed by atoms with E-state index in [2.05, 4.69) is 76.5 Å². The molecule has 2 saturated carbocycles. The van der Waals surface area contributed by atoms with Crippen LogP contribution in [0.5, 0.6) is 0 Å². The molecule has 0 aromatic heterocycles. The minimum Gasteiger partial charge on any atom is -0.396 e. The number of Topliss-reactive ketones (excluding diaryl/α,β-unsaturated/α-hetero) is 1. The summed E-state index contributed by atoms with van der Waals surface area (Å²) in [7, 11) is -1.61. The van der Waals surface area contributed by atoms with E-state index in [4.69, 9.17) is 0 Å². The quantitative estimate of drug-likeness (QED) is 0.519. The van der Waals surface area contributed by atoms with Gasteiger partial charge in [0.15, 0.2) is 0 Å². The summed E-state index contributed by atoms with van der Waals surface area (Å²) in [5.74, 6) is 8.52. The highest BCUT2D eigenvalue weighted by atomic mass is 28.3. The number of fused-ring (bicyclic) bond motifs is 1. The van der Waals surface area contributed by atoms with Crippen LogP contribution in [0, 0.1) is 35.0 Å². The van der Waals surface area contributed by atoms with Crippen LogP contribution in [0.15, 0.2) is 24.3 Å². The van der Waals surface area contributed by atoms with Gasteiger partial charge in [-0.05, 0) is 54.7 Å². The van der Waals surface area contributed by atoms with E-state index in [0.717, 1.165) is 31.2 Å². The van der Waals surface area contributed by atoms with E-state index in [1.165, 1.54) is 12.0 Å². The molecule has 1 aromatic rings. The van der Waals surface area contributed by atoms with E-state index in [9.17, 15) is 9.90 Å². The largest absolute Gasteiger partial charge is 0.396 e. The van der Waals surface area contributed by atoms with Crippen molar-refractivity contribution < 1.29 is 9.90 Å². The van der Waals surface area contributed by atoms with E-state index in [1.807, 2.05) is 0 Å². The molecule has 0 spiro atoms. The zero-order valence-corrected chi connectivity index (χ0v) is 20.1. The normalized spacial score (nSPS) is 30.1. The maximum absolute atomic E-state index is 12.4. The number of benzene rings is 1. The van der Waals surface area contributed by atoms with Crippen molar-refractivity contribution in [2.24, 2.45) is 23.2 Å². The average molecular weight is 411 g/mol. The smallest absolute Gasteiger partial charge is 0.136 e. The van der Waals surface area contributed by atoms with Gasteiger partial charge in [-0.3, -0.25) is 4.79 Å². The molecular weight excluding hydrogens is 372 g/mol. The SMILES string of the molecule is C[C@H](C#Cc1cccc(C(C)(CO)[Si](C)(C)C)c1)[C@H]1CC[C@H]2C(=O)CCC[C@]12C. The number of aliphatic hydroxyl groups excluding tert-OH is 1. The lowest BCUT2D eigenvalue weighted by Crippen LogP contribution is -2.50. The molecule has 0 radical (unpaired) electrons. The first-order valence-electron chi connectivity index (χ1n) is 11.3. The Bertz CT molecular complexity index is 827. The first-order valence-corrected chi connectivity index (χ1v) is 14.8. The third-order valence-corrected chi connectivity index (χ3v) is 12.2. The van der Waals surface area contributed by atoms with Gasteiger partial charge >= 0.3 is 0 Å². The van der Waals surface area contributed by atoms with Crippen molar-refractivity contribution in [3.8, 4) is 11.8 Å². The van der Waals surface area contributed by atoms with Crippen molar-refractivity contribution in [3.05, 3.63) is 35.4 Å². The Hall–Kier alpha value is -1.37. The lowest BCUT2D eigenvalue weighted by atomic mass is 9.62. The molecule has 158 valence electrons. The van der Waals surface area contributed by atoms with Crippen molar-refractivity contribution in [1.29, 1.82) is 0 Å². The van der Waals surface area contributed by atoms with Gasteiger partial charge in [-0.15, -0.1) is 0 Å². The van der Waals surface area contributed by atoms with Gasteiger partial charge in [-0.25, -0.2) is 0 Å². The molecule has 5 atom stereocenters. The van der Waals surface area contributed by atoms with Crippen molar-refractivity contribution in [2.75, 3.05) is 6.61 Å². The van der Waals surface area contributed by atoms with Crippen LogP contribution in [0.4, 0.5) is 0 Å². The number of rotatable bonds is 4. The summed E-state index contributed by atoms with van der Waals surface area (Å²) in [6.45, 7) is 13.9. The molecule has 2 aliphatic rings. The zero-order valence-electron chi connectivity index (χ0n) is 19.1. The third kappa shape index (κ3) is 3.99. The molecule has 0 bridgehead atoms. The van der Waals surface area contributed by atoms with Gasteiger partial charge < -0.3 is 5.11 Å². The Labute approximate surface area is 178 Å². The second kappa shape index (κ2) is 8.04. The van der Waals surface area contributed by atoms with Gasteiger partial charge in [0, 0.05) is 28.9 Å². The Kier molecular flexibility index (Phi) is 6.19. The van der Waals surface area contributed by atoms with Crippen molar-refractivity contribution in [1.82, 2.24) is 0 Å². The molecule has 3 heteroatoms. The van der Waals surface area contributed by atoms with Crippen LogP contribution in [0.1, 0.15) is 64.0 Å². The number of ketones is 1. The van der Waals surface area contributed by atoms with Gasteiger partial charge in [-0.2, -0.15) is 0 Å². The van der Waals surface area contributed by atoms with Gasteiger partial charge in [0.1, 0.15) is 5.78 Å². The molecular formula is C26H38O2Si. The van der Waals surface area contributed by atoms with Crippen molar-refractivity contribution in [3.63, 3.8) is 0 Å². The Morgan fingerprint density at radius 1 is 1.31 bits per heavy atom. The molecule has 0 aliphatic heterocycles. The van der Waals surface area contributed by atoms with Crippen LogP contribution in [0.3, 0.4) is 0 Å². The topological polar surface area (TPSA) is 37.3 Å². The van der Waals surface area contributed by atoms with Gasteiger partial charge in [0.05, 0.1) is 14.7 Å². The van der Waals surface area contributed by atoms with E-state index < -0.39 is 8.07 Å². The van der Waals surface area contributed by atoms with Crippen LogP contribution in [0.2, 0.25) is 19.6 Å². The highest BCUT2D eigenvalue weighted by Gasteiger charge is 2.52. The van der Waals surface area contributed by atoms with Gasteiger partial charge in [0.2, 0.25) is 0 Å². The average Bonchev–Trinajstić information content (AvgIpc) is 3.03. The molecule has 2 nitrogen and oxygen atoms in total. The number of hydrogen-bond donors (Lipinski definition) is 1. The van der Waals surface area contributed by atoms with Crippen molar-refractivity contribution in [2.45, 2.75) is 77.6 Å². The molecule has 1 unspecified atom stereocenters. The lowest BCUT2D eigenvalue weighted by Gasteiger charge is -2.41. The Morgan fingerprint density at radius 3 is 2.69 bits per heavy atom. The molecule has 2 aliphatic carbocycles. The van der Waals surface area contributed by atoms with E-state index in [0.29, 0.717) is 17.6 Å². The summed E-state index contributed by atoms with van der Waals surface area (Å²) < 4.78 is 0. The van der Waals surface area contributed by atoms with Gasteiger partial charge in [0.25, 0.3) is 0 Å². The predicted octanol–water partition coefficient (Wildman–Crippen LogP) is 5.59. The number of carbonyl (C=O) groups excluding carboxylic acids is 1. The van der Waals surface area contributed by atoms with Crippen LogP contribution in [0.25, 0.3) is 0 Å². The second-order valence-corrected chi connectivity index (χ2v) is 16.5. The van der Waals surface area contributed by atoms with Crippen LogP contribution in [-0.2, 0) is 9.83 Å². The van der Waals surface area contributed by atoms with Crippen molar-refractivity contribution >= 4 is 13.9 Å². The maximum Gasteiger partial charge on any atom is 0.136 e. The molecule has 1 N–H and O–H groups in total. The molecule has 0 saturated heterocycles. The fraction of sp³-hybridized carbons (Fsp3) is 0.654. The fourth-order valence-corrected chi connectivity index (χ4v) is 7.29. The minimum absolute atomic E-state index is 0.137. The number of hydrogen-bond acceptors (Lipinski definition) is 2. The fourth-order valence-electron chi connectivity index (χ4n) is 5.79. The third-order valence-electron chi connectivity index (χ3n) is 8.46. The summed E-state index contributed by atoms with van der Waals surface area (Å²) in [6, 6.07) is 8.47. The summed E-state index contributed by atoms with van der Waals surface area (Å²) >= 11 is 0. The zero-order chi connectivity index (χ0) is 21.4. The summed E-state index contributed by atoms with van der Waals surface area (Å²) in [5, 5.41) is 9.98. The highest BCUT2D eigenvalue weighted by Crippen LogP contribution is 2.56. The molecule has 2 fully saturated rings. The van der Waals surface area contributed by atoms with E-state index in [-0.39, 0.29) is 23.0 Å². The van der Waals surface area contributed by atoms with Gasteiger partial charge in [-0.1, -0.05) is 64.4 Å². The first kappa shape index (κ1) is 22.3. The monoisotopic (exact) mass is 410 g/mol. The summed E-state index contributed by atoms with van der Waals surface area (Å²) in [4.78, 5) is 12.4. The summed E-state index contributed by atoms with van der Waals surface area (Å²) in [6.07, 6.45) is 5.16. The van der Waals surface area contributed by atoms with Crippen LogP contribution < -0.4 is 0 Å². The van der Waals surface area contributed by atoms with E-state index in [1.54, 1.807) is 0 Å². The molecule has 3 rings (SSSR count). The molecule has 29 heavy (non-hydrogen) atoms. The van der Waals surface area contributed by atoms with Crippen LogP contribution >= 0.6 is 0 Å². The maximum atomic E-state index is 12.4. The number of carbonyl (C=O) groups is 1. The predicted molar refractivity (Wildman–Crippen MR) is 123 cm³/mol. The first-order chi connectivity index (χ1) is 13.5.